The van der Waals surface area contributed by atoms with E-state index in [9.17, 15) is 4.79 Å². The van der Waals surface area contributed by atoms with Gasteiger partial charge in [-0.15, -0.1) is 0 Å². The van der Waals surface area contributed by atoms with Gasteiger partial charge in [0.25, 0.3) is 0 Å². The molecule has 1 saturated heterocycles. The van der Waals surface area contributed by atoms with Crippen molar-refractivity contribution in [3.63, 3.8) is 0 Å². The van der Waals surface area contributed by atoms with E-state index in [4.69, 9.17) is 5.73 Å². The Labute approximate surface area is 86.0 Å². The second-order valence-corrected chi connectivity index (χ2v) is 3.91. The van der Waals surface area contributed by atoms with Crippen molar-refractivity contribution in [3.05, 3.63) is 0 Å². The van der Waals surface area contributed by atoms with Crippen LogP contribution in [0.3, 0.4) is 0 Å². The summed E-state index contributed by atoms with van der Waals surface area (Å²) in [6.07, 6.45) is 2.44. The van der Waals surface area contributed by atoms with Gasteiger partial charge in [0.2, 0.25) is 5.91 Å². The molecule has 0 aromatic rings. The van der Waals surface area contributed by atoms with Crippen molar-refractivity contribution in [1.82, 2.24) is 9.80 Å². The number of nitrogens with zero attached hydrogens (tertiary/aromatic N) is 2. The van der Waals surface area contributed by atoms with Gasteiger partial charge in [0.1, 0.15) is 0 Å². The molecular weight excluding hydrogens is 178 g/mol. The Morgan fingerprint density at radius 1 is 1.64 bits per heavy atom. The fourth-order valence-electron chi connectivity index (χ4n) is 2.00. The van der Waals surface area contributed by atoms with Crippen molar-refractivity contribution in [2.45, 2.75) is 25.8 Å². The molecule has 0 saturated carbocycles. The molecule has 0 spiro atoms. The molecule has 0 bridgehead atoms. The summed E-state index contributed by atoms with van der Waals surface area (Å²) in [7, 11) is 2.12. The van der Waals surface area contributed by atoms with Crippen LogP contribution in [0.15, 0.2) is 0 Å². The van der Waals surface area contributed by atoms with Gasteiger partial charge in [-0.05, 0) is 33.4 Å². The van der Waals surface area contributed by atoms with Gasteiger partial charge in [-0.2, -0.15) is 0 Å². The summed E-state index contributed by atoms with van der Waals surface area (Å²) in [6, 6.07) is 0.533. The van der Waals surface area contributed by atoms with Crippen molar-refractivity contribution < 1.29 is 4.79 Å². The zero-order valence-electron chi connectivity index (χ0n) is 9.20. The summed E-state index contributed by atoms with van der Waals surface area (Å²) in [4.78, 5) is 15.6. The Balaban J connectivity index is 2.43. The second kappa shape index (κ2) is 5.32. The number of hydrogen-bond donors (Lipinski definition) is 1. The fraction of sp³-hybridized carbons (Fsp3) is 0.900. The summed E-state index contributed by atoms with van der Waals surface area (Å²) in [5.74, 6) is 0.0628. The second-order valence-electron chi connectivity index (χ2n) is 3.91. The molecule has 82 valence electrons. The van der Waals surface area contributed by atoms with Crippen LogP contribution in [0.2, 0.25) is 0 Å². The lowest BCUT2D eigenvalue weighted by molar-refractivity contribution is -0.130. The van der Waals surface area contributed by atoms with Crippen LogP contribution in [-0.2, 0) is 4.79 Å². The predicted molar refractivity (Wildman–Crippen MR) is 57.0 cm³/mol. The minimum absolute atomic E-state index is 0.0628. The van der Waals surface area contributed by atoms with Gasteiger partial charge >= 0.3 is 0 Å². The quantitative estimate of drug-likeness (QED) is 0.687. The van der Waals surface area contributed by atoms with E-state index in [1.54, 1.807) is 0 Å². The van der Waals surface area contributed by atoms with Gasteiger partial charge in [-0.1, -0.05) is 0 Å². The lowest BCUT2D eigenvalue weighted by Gasteiger charge is -2.27. The van der Waals surface area contributed by atoms with Crippen molar-refractivity contribution in [3.8, 4) is 0 Å². The van der Waals surface area contributed by atoms with E-state index < -0.39 is 0 Å². The standard InChI is InChI=1S/C10H21N3O/c1-3-13(10(14)7-11)8-9-5-4-6-12(9)2/h9H,3-8,11H2,1-2H3/t9-/m0/s1. The van der Waals surface area contributed by atoms with Crippen LogP contribution in [0.4, 0.5) is 0 Å². The molecule has 0 aromatic heterocycles. The van der Waals surface area contributed by atoms with Crippen LogP contribution in [-0.4, -0.2) is 55.0 Å². The zero-order valence-corrected chi connectivity index (χ0v) is 9.20. The molecule has 1 aliphatic heterocycles. The van der Waals surface area contributed by atoms with E-state index in [2.05, 4.69) is 11.9 Å². The van der Waals surface area contributed by atoms with Gasteiger partial charge in [-0.3, -0.25) is 4.79 Å². The highest BCUT2D eigenvalue weighted by molar-refractivity contribution is 5.78. The lowest BCUT2D eigenvalue weighted by Crippen LogP contribution is -2.43. The summed E-state index contributed by atoms with van der Waals surface area (Å²) in [5.41, 5.74) is 5.35. The summed E-state index contributed by atoms with van der Waals surface area (Å²) >= 11 is 0. The van der Waals surface area contributed by atoms with Crippen LogP contribution >= 0.6 is 0 Å². The SMILES string of the molecule is CCN(C[C@@H]1CCCN1C)C(=O)CN. The number of nitrogens with two attached hydrogens (primary N) is 1. The molecule has 1 aliphatic rings. The highest BCUT2D eigenvalue weighted by Crippen LogP contribution is 2.15. The fourth-order valence-corrected chi connectivity index (χ4v) is 2.00. The van der Waals surface area contributed by atoms with Gasteiger partial charge in [0.05, 0.1) is 6.54 Å². The van der Waals surface area contributed by atoms with Crippen molar-refractivity contribution in [2.24, 2.45) is 5.73 Å². The molecule has 0 aliphatic carbocycles. The summed E-state index contributed by atoms with van der Waals surface area (Å²) in [6.45, 7) is 4.88. The average Bonchev–Trinajstić information content (AvgIpc) is 2.59. The molecule has 4 nitrogen and oxygen atoms in total. The average molecular weight is 199 g/mol. The largest absolute Gasteiger partial charge is 0.340 e. The molecule has 1 rings (SSSR count). The van der Waals surface area contributed by atoms with E-state index in [0.29, 0.717) is 6.04 Å². The number of carbonyl (C=O) groups excluding carboxylic acids is 1. The van der Waals surface area contributed by atoms with Crippen molar-refractivity contribution in [2.75, 3.05) is 33.2 Å². The topological polar surface area (TPSA) is 49.6 Å². The van der Waals surface area contributed by atoms with E-state index in [1.165, 1.54) is 12.8 Å². The monoisotopic (exact) mass is 199 g/mol. The molecule has 4 heteroatoms. The number of amides is 1. The molecule has 0 radical (unpaired) electrons. The van der Waals surface area contributed by atoms with Gasteiger partial charge < -0.3 is 15.5 Å². The number of rotatable bonds is 4. The van der Waals surface area contributed by atoms with Gasteiger partial charge in [0.15, 0.2) is 0 Å². The molecule has 14 heavy (non-hydrogen) atoms. The highest BCUT2D eigenvalue weighted by atomic mass is 16.2. The Morgan fingerprint density at radius 2 is 2.36 bits per heavy atom. The molecule has 1 atom stereocenters. The first kappa shape index (κ1) is 11.5. The van der Waals surface area contributed by atoms with Crippen LogP contribution in [0, 0.1) is 0 Å². The van der Waals surface area contributed by atoms with Crippen LogP contribution < -0.4 is 5.73 Å². The molecule has 0 aromatic carbocycles. The molecule has 1 amide bonds. The first-order valence-corrected chi connectivity index (χ1v) is 5.37. The third kappa shape index (κ3) is 2.69. The van der Waals surface area contributed by atoms with Crippen LogP contribution in [0.25, 0.3) is 0 Å². The third-order valence-corrected chi connectivity index (χ3v) is 3.01. The number of likely N-dealkylation sites (N-methyl/N-ethyl adjacent to an activating group) is 2. The molecule has 1 heterocycles. The molecular formula is C10H21N3O. The van der Waals surface area contributed by atoms with Gasteiger partial charge in [0, 0.05) is 19.1 Å². The predicted octanol–water partition coefficient (Wildman–Crippen LogP) is -0.112. The normalized spacial score (nSPS) is 22.6. The van der Waals surface area contributed by atoms with E-state index >= 15 is 0 Å². The minimum Gasteiger partial charge on any atom is -0.340 e. The number of hydrogen-bond acceptors (Lipinski definition) is 3. The highest BCUT2D eigenvalue weighted by Gasteiger charge is 2.24. The molecule has 1 fully saturated rings. The summed E-state index contributed by atoms with van der Waals surface area (Å²) < 4.78 is 0. The lowest BCUT2D eigenvalue weighted by atomic mass is 10.2. The van der Waals surface area contributed by atoms with Gasteiger partial charge in [-0.25, -0.2) is 0 Å². The maximum atomic E-state index is 11.4. The number of likely N-dealkylation sites (tertiary alicyclic amines) is 1. The Hall–Kier alpha value is -0.610. The Bertz CT molecular complexity index is 196. The van der Waals surface area contributed by atoms with E-state index in [-0.39, 0.29) is 12.5 Å². The molecule has 0 unspecified atom stereocenters. The Morgan fingerprint density at radius 3 is 2.79 bits per heavy atom. The van der Waals surface area contributed by atoms with Crippen molar-refractivity contribution in [1.29, 1.82) is 0 Å². The van der Waals surface area contributed by atoms with Crippen LogP contribution in [0.5, 0.6) is 0 Å². The Kier molecular flexibility index (Phi) is 4.35. The van der Waals surface area contributed by atoms with Crippen LogP contribution in [0.1, 0.15) is 19.8 Å². The first-order valence-electron chi connectivity index (χ1n) is 5.37. The zero-order chi connectivity index (χ0) is 10.6. The maximum absolute atomic E-state index is 11.4. The minimum atomic E-state index is 0.0628. The maximum Gasteiger partial charge on any atom is 0.236 e. The van der Waals surface area contributed by atoms with Crippen molar-refractivity contribution >= 4 is 5.91 Å². The smallest absolute Gasteiger partial charge is 0.236 e. The number of carbonyl (C=O) groups is 1. The first-order chi connectivity index (χ1) is 6.69. The third-order valence-electron chi connectivity index (χ3n) is 3.01. The molecule has 2 N–H and O–H groups in total. The van der Waals surface area contributed by atoms with E-state index in [0.717, 1.165) is 19.6 Å². The summed E-state index contributed by atoms with van der Waals surface area (Å²) in [5, 5.41) is 0. The van der Waals surface area contributed by atoms with E-state index in [1.807, 2.05) is 11.8 Å².